The van der Waals surface area contributed by atoms with Crippen LogP contribution in [0.1, 0.15) is 55.3 Å². The molecule has 2 fully saturated rings. The van der Waals surface area contributed by atoms with Gasteiger partial charge in [-0.3, -0.25) is 0 Å². The SMILES string of the molecule is Cl.Cl.[CH3][Hf]([CH3])(=[SiH2])([CH]1C(C2CC2)=Cc2c1cccc2-n1c2ccccc2c2ccccc21)[CH]1C(C2CC2)=Cc2c1cccc2-n1c2ccccc2c2ccccc21. The van der Waals surface area contributed by atoms with Gasteiger partial charge in [-0.25, -0.2) is 0 Å². The molecular weight excluding hydrogens is 906 g/mol. The standard InChI is InChI=1S/2C24H18N.2CH3.2ClH.Hf.H2Si/c2*1-3-9-22-19(7-1)20-8-2-4-10-23(20)25(22)24-11-5-6-17-14-18(15-21(17)24)16-12-13-16;;;;;;/h2*1-11,14-16H,12-13H2;2*1H3;2*1H;;1H2. The van der Waals surface area contributed by atoms with Crippen LogP contribution < -0.4 is 0 Å². The van der Waals surface area contributed by atoms with Crippen LogP contribution in [0, 0.1) is 11.8 Å². The Balaban J connectivity index is 0.00000192. The summed E-state index contributed by atoms with van der Waals surface area (Å²) < 4.78 is 11.9. The Morgan fingerprint density at radius 1 is 0.446 bits per heavy atom. The van der Waals surface area contributed by atoms with Crippen LogP contribution in [0.15, 0.2) is 145 Å². The van der Waals surface area contributed by atoms with Crippen LogP contribution in [0.2, 0.25) is 9.36 Å². The van der Waals surface area contributed by atoms with Crippen molar-refractivity contribution in [3.63, 3.8) is 0 Å². The van der Waals surface area contributed by atoms with Crippen LogP contribution in [0.3, 0.4) is 0 Å². The molecule has 278 valence electrons. The Labute approximate surface area is 343 Å². The van der Waals surface area contributed by atoms with E-state index in [9.17, 15) is 0 Å². The van der Waals surface area contributed by atoms with Crippen molar-refractivity contribution in [3.05, 3.63) is 167 Å². The molecule has 0 saturated heterocycles. The van der Waals surface area contributed by atoms with Crippen LogP contribution in [0.5, 0.6) is 0 Å². The van der Waals surface area contributed by atoms with E-state index in [1.165, 1.54) is 91.8 Å². The molecule has 4 aliphatic carbocycles. The van der Waals surface area contributed by atoms with Gasteiger partial charge in [-0.1, -0.05) is 0 Å². The third-order valence-corrected chi connectivity index (χ3v) is 38.7. The van der Waals surface area contributed by atoms with Crippen molar-refractivity contribution in [1.29, 1.82) is 0 Å². The van der Waals surface area contributed by atoms with E-state index in [1.54, 1.807) is 22.3 Å². The molecule has 0 N–H and O–H groups in total. The first-order chi connectivity index (χ1) is 26.4. The number of hydrogen-bond acceptors (Lipinski definition) is 0. The van der Waals surface area contributed by atoms with Crippen molar-refractivity contribution in [2.24, 2.45) is 11.8 Å². The minimum atomic E-state index is -4.01. The number of allylic oxidation sites excluding steroid dienone is 2. The normalized spacial score (nSPS) is 19.1. The summed E-state index contributed by atoms with van der Waals surface area (Å²) in [4.78, 5) is 0. The van der Waals surface area contributed by atoms with E-state index in [4.69, 9.17) is 0 Å². The zero-order valence-electron chi connectivity index (χ0n) is 31.9. The number of nitrogens with zero attached hydrogens (tertiary/aromatic N) is 2. The van der Waals surface area contributed by atoms with Crippen molar-refractivity contribution in [2.75, 3.05) is 0 Å². The molecule has 8 aromatic rings. The van der Waals surface area contributed by atoms with Gasteiger partial charge in [-0.2, -0.15) is 0 Å². The molecule has 4 aliphatic rings. The molecule has 2 nitrogen and oxygen atoms in total. The summed E-state index contributed by atoms with van der Waals surface area (Å²) >= 11 is -4.01. The topological polar surface area (TPSA) is 9.86 Å². The molecular formula is C50H46Cl2HfN2Si. The zero-order valence-corrected chi connectivity index (χ0v) is 38.6. The average molecular weight is 952 g/mol. The molecule has 0 radical (unpaired) electrons. The van der Waals surface area contributed by atoms with E-state index in [1.807, 2.05) is 0 Å². The van der Waals surface area contributed by atoms with Gasteiger partial charge < -0.3 is 0 Å². The van der Waals surface area contributed by atoms with Crippen LogP contribution >= 0.6 is 24.8 Å². The fraction of sp³-hybridized carbons (Fsp3) is 0.200. The van der Waals surface area contributed by atoms with Crippen LogP contribution in [-0.2, 0) is 17.1 Å². The van der Waals surface area contributed by atoms with E-state index >= 15 is 0 Å². The van der Waals surface area contributed by atoms with E-state index in [-0.39, 0.29) is 24.8 Å². The second kappa shape index (κ2) is 12.8. The van der Waals surface area contributed by atoms with Crippen LogP contribution in [-0.4, -0.2) is 16.1 Å². The molecule has 12 rings (SSSR count). The van der Waals surface area contributed by atoms with E-state index in [0.717, 1.165) is 0 Å². The van der Waals surface area contributed by atoms with Gasteiger partial charge in [0.05, 0.1) is 0 Å². The van der Waals surface area contributed by atoms with Gasteiger partial charge in [0.2, 0.25) is 0 Å². The second-order valence-corrected chi connectivity index (χ2v) is 61.4. The van der Waals surface area contributed by atoms with Crippen molar-refractivity contribution < 1.29 is 17.1 Å². The van der Waals surface area contributed by atoms with E-state index < -0.39 is 17.1 Å². The molecule has 2 atom stereocenters. The Morgan fingerprint density at radius 3 is 1.09 bits per heavy atom. The Kier molecular flexibility index (Phi) is 8.31. The number of benzene rings is 6. The number of hydrogen-bond donors (Lipinski definition) is 0. The Morgan fingerprint density at radius 2 is 0.768 bits per heavy atom. The summed E-state index contributed by atoms with van der Waals surface area (Å²) in [6, 6.07) is 50.6. The van der Waals surface area contributed by atoms with Crippen molar-refractivity contribution in [3.8, 4) is 11.4 Å². The van der Waals surface area contributed by atoms with Gasteiger partial charge in [0.25, 0.3) is 0 Å². The molecule has 0 aliphatic heterocycles. The van der Waals surface area contributed by atoms with Gasteiger partial charge >= 0.3 is 321 Å². The van der Waals surface area contributed by atoms with Crippen LogP contribution in [0.25, 0.3) is 67.1 Å². The second-order valence-electron chi connectivity index (χ2n) is 17.9. The predicted octanol–water partition coefficient (Wildman–Crippen LogP) is 13.5. The fourth-order valence-electron chi connectivity index (χ4n) is 11.4. The molecule has 2 saturated carbocycles. The van der Waals surface area contributed by atoms with Crippen molar-refractivity contribution >= 4 is 87.5 Å². The molecule has 0 spiro atoms. The number of aromatic nitrogens is 2. The first-order valence-corrected chi connectivity index (χ1v) is 39.8. The number of fused-ring (bicyclic) bond motifs is 8. The number of halogens is 2. The van der Waals surface area contributed by atoms with Crippen LogP contribution in [0.4, 0.5) is 0 Å². The fourth-order valence-corrected chi connectivity index (χ4v) is 39.4. The first-order valence-electron chi connectivity index (χ1n) is 20.1. The van der Waals surface area contributed by atoms with Gasteiger partial charge in [-0.15, -0.1) is 24.8 Å². The summed E-state index contributed by atoms with van der Waals surface area (Å²) in [5.74, 6) is 1.43. The van der Waals surface area contributed by atoms with Gasteiger partial charge in [0.15, 0.2) is 0 Å². The molecule has 2 unspecified atom stereocenters. The predicted molar refractivity (Wildman–Crippen MR) is 243 cm³/mol. The molecule has 6 heteroatoms. The summed E-state index contributed by atoms with van der Waals surface area (Å²) in [6.07, 6.45) is 10.8. The zero-order chi connectivity index (χ0) is 35.9. The third-order valence-electron chi connectivity index (χ3n) is 13.8. The summed E-state index contributed by atoms with van der Waals surface area (Å²) in [6.45, 7) is 2.53. The molecule has 2 aromatic heterocycles. The Bertz CT molecular complexity index is 2770. The average Bonchev–Trinajstić information content (AvgIpc) is 4.09. The van der Waals surface area contributed by atoms with Gasteiger partial charge in [0, 0.05) is 0 Å². The number of rotatable bonds is 6. The molecule has 56 heavy (non-hydrogen) atoms. The first kappa shape index (κ1) is 36.4. The van der Waals surface area contributed by atoms with Crippen molar-refractivity contribution in [1.82, 2.24) is 9.13 Å². The van der Waals surface area contributed by atoms with Gasteiger partial charge in [0.1, 0.15) is 0 Å². The molecule has 6 aromatic carbocycles. The molecule has 0 bridgehead atoms. The molecule has 0 amide bonds. The summed E-state index contributed by atoms with van der Waals surface area (Å²) in [7, 11) is 0. The van der Waals surface area contributed by atoms with Gasteiger partial charge in [-0.05, 0) is 0 Å². The Hall–Kier alpha value is -3.93. The monoisotopic (exact) mass is 952 g/mol. The quantitative estimate of drug-likeness (QED) is 0.147. The van der Waals surface area contributed by atoms with E-state index in [0.29, 0.717) is 19.2 Å². The maximum absolute atomic E-state index is 4.01. The summed E-state index contributed by atoms with van der Waals surface area (Å²) in [5.41, 5.74) is 17.6. The van der Waals surface area contributed by atoms with Crippen molar-refractivity contribution in [2.45, 2.75) is 42.4 Å². The number of para-hydroxylation sites is 4. The van der Waals surface area contributed by atoms with E-state index in [2.05, 4.69) is 171 Å². The third kappa shape index (κ3) is 5.08. The molecule has 2 heterocycles. The summed E-state index contributed by atoms with van der Waals surface area (Å²) in [5, 5.41) is 5.34. The maximum atomic E-state index is 2.86. The minimum absolute atomic E-state index is 0.